The molecule has 1 aliphatic heterocycles. The van der Waals surface area contributed by atoms with E-state index in [9.17, 15) is 9.59 Å². The van der Waals surface area contributed by atoms with E-state index in [2.05, 4.69) is 17.0 Å². The molecule has 1 aliphatic rings. The molecule has 0 unspecified atom stereocenters. The van der Waals surface area contributed by atoms with Crippen LogP contribution in [0.15, 0.2) is 53.3 Å². The maximum absolute atomic E-state index is 13.3. The summed E-state index contributed by atoms with van der Waals surface area (Å²) >= 11 is 1.23. The Morgan fingerprint density at radius 1 is 1.07 bits per heavy atom. The third kappa shape index (κ3) is 2.85. The van der Waals surface area contributed by atoms with E-state index in [0.717, 1.165) is 35.2 Å². The molecule has 0 radical (unpaired) electrons. The molecular weight excluding hydrogens is 396 g/mol. The Labute approximate surface area is 177 Å². The number of rotatable bonds is 4. The van der Waals surface area contributed by atoms with Crippen LogP contribution in [0.1, 0.15) is 30.9 Å². The maximum Gasteiger partial charge on any atom is 0.291 e. The highest BCUT2D eigenvalue weighted by atomic mass is 32.1. The lowest BCUT2D eigenvalue weighted by atomic mass is 10.1. The highest BCUT2D eigenvalue weighted by Gasteiger charge is 2.33. The van der Waals surface area contributed by atoms with E-state index >= 15 is 0 Å². The molecule has 30 heavy (non-hydrogen) atoms. The zero-order chi connectivity index (χ0) is 20.8. The number of hydrogen-bond acceptors (Lipinski definition) is 5. The number of nitrogens with zero attached hydrogens (tertiary/aromatic N) is 4. The van der Waals surface area contributed by atoms with Crippen molar-refractivity contribution in [3.8, 4) is 11.4 Å². The van der Waals surface area contributed by atoms with E-state index in [0.29, 0.717) is 27.4 Å². The molecule has 1 amide bonds. The van der Waals surface area contributed by atoms with Gasteiger partial charge in [-0.05, 0) is 25.5 Å². The van der Waals surface area contributed by atoms with E-state index in [-0.39, 0.29) is 11.5 Å². The van der Waals surface area contributed by atoms with Crippen LogP contribution in [0.5, 0.6) is 0 Å². The second-order valence-corrected chi connectivity index (χ2v) is 8.42. The van der Waals surface area contributed by atoms with Gasteiger partial charge in [0.15, 0.2) is 5.82 Å². The molecule has 0 N–H and O–H groups in total. The van der Waals surface area contributed by atoms with Crippen LogP contribution in [-0.4, -0.2) is 27.0 Å². The van der Waals surface area contributed by atoms with Gasteiger partial charge in [-0.15, -0.1) is 5.10 Å². The molecule has 0 saturated heterocycles. The quantitative estimate of drug-likeness (QED) is 0.512. The van der Waals surface area contributed by atoms with Gasteiger partial charge >= 0.3 is 0 Å². The van der Waals surface area contributed by atoms with Crippen molar-refractivity contribution in [1.29, 1.82) is 0 Å². The summed E-state index contributed by atoms with van der Waals surface area (Å²) in [4.78, 5) is 33.3. The van der Waals surface area contributed by atoms with Crippen LogP contribution >= 0.6 is 11.3 Å². The first-order valence-corrected chi connectivity index (χ1v) is 10.8. The Morgan fingerprint density at radius 3 is 2.67 bits per heavy atom. The van der Waals surface area contributed by atoms with Gasteiger partial charge in [0.2, 0.25) is 4.96 Å². The van der Waals surface area contributed by atoms with Crippen molar-refractivity contribution < 1.29 is 4.79 Å². The summed E-state index contributed by atoms with van der Waals surface area (Å²) in [6, 6.07) is 15.5. The zero-order valence-electron chi connectivity index (χ0n) is 16.8. The Kier molecular flexibility index (Phi) is 4.47. The Hall–Kier alpha value is -3.32. The van der Waals surface area contributed by atoms with Crippen molar-refractivity contribution in [3.63, 3.8) is 0 Å². The smallest absolute Gasteiger partial charge is 0.291 e. The largest absolute Gasteiger partial charge is 0.308 e. The first kappa shape index (κ1) is 18.7. The Bertz CT molecular complexity index is 1400. The van der Waals surface area contributed by atoms with Gasteiger partial charge in [-0.3, -0.25) is 9.59 Å². The number of carbonyl (C=O) groups excluding carboxylic acids is 1. The number of aryl methyl sites for hydroxylation is 1. The summed E-state index contributed by atoms with van der Waals surface area (Å²) in [7, 11) is 0. The van der Waals surface area contributed by atoms with E-state index in [1.165, 1.54) is 15.9 Å². The number of unbranched alkanes of at least 4 members (excludes halogenated alkanes) is 1. The lowest BCUT2D eigenvalue weighted by Gasteiger charge is -2.16. The molecule has 0 saturated carbocycles. The van der Waals surface area contributed by atoms with Crippen LogP contribution in [0.25, 0.3) is 21.9 Å². The molecule has 6 nitrogen and oxygen atoms in total. The topological polar surface area (TPSA) is 67.6 Å². The molecule has 0 atom stereocenters. The predicted molar refractivity (Wildman–Crippen MR) is 119 cm³/mol. The molecule has 3 heterocycles. The number of amides is 1. The third-order valence-corrected chi connectivity index (χ3v) is 6.35. The van der Waals surface area contributed by atoms with Crippen LogP contribution in [0.2, 0.25) is 0 Å². The normalized spacial score (nSPS) is 15.3. The summed E-state index contributed by atoms with van der Waals surface area (Å²) in [5, 5.41) is 4.43. The lowest BCUT2D eigenvalue weighted by Crippen LogP contribution is -2.33. The van der Waals surface area contributed by atoms with Gasteiger partial charge in [0.05, 0.1) is 11.3 Å². The minimum Gasteiger partial charge on any atom is -0.308 e. The summed E-state index contributed by atoms with van der Waals surface area (Å²) < 4.78 is 1.71. The Balaban J connectivity index is 1.69. The average Bonchev–Trinajstić information content (AvgIpc) is 3.37. The van der Waals surface area contributed by atoms with Crippen molar-refractivity contribution in [2.45, 2.75) is 26.7 Å². The monoisotopic (exact) mass is 416 g/mol. The maximum atomic E-state index is 13.3. The van der Waals surface area contributed by atoms with Gasteiger partial charge in [-0.25, -0.2) is 0 Å². The second kappa shape index (κ2) is 7.18. The zero-order valence-corrected chi connectivity index (χ0v) is 17.6. The highest BCUT2D eigenvalue weighted by Crippen LogP contribution is 2.35. The van der Waals surface area contributed by atoms with Crippen molar-refractivity contribution in [1.82, 2.24) is 14.6 Å². The first-order valence-electron chi connectivity index (χ1n) is 10.0. The van der Waals surface area contributed by atoms with Gasteiger partial charge in [0.1, 0.15) is 4.53 Å². The summed E-state index contributed by atoms with van der Waals surface area (Å²) in [5.41, 5.74) is 3.80. The minimum atomic E-state index is -0.295. The molecule has 0 aliphatic carbocycles. The molecule has 2 aromatic heterocycles. The van der Waals surface area contributed by atoms with E-state index < -0.39 is 0 Å². The van der Waals surface area contributed by atoms with E-state index in [1.807, 2.05) is 55.5 Å². The van der Waals surface area contributed by atoms with Crippen LogP contribution < -0.4 is 15.0 Å². The summed E-state index contributed by atoms with van der Waals surface area (Å²) in [5.74, 6) is 0.395. The first-order chi connectivity index (χ1) is 14.6. The number of thiazole rings is 1. The minimum absolute atomic E-state index is 0.120. The highest BCUT2D eigenvalue weighted by molar-refractivity contribution is 7.15. The molecular formula is C23H20N4O2S. The van der Waals surface area contributed by atoms with Gasteiger partial charge in [-0.2, -0.15) is 9.50 Å². The molecule has 2 aromatic carbocycles. The lowest BCUT2D eigenvalue weighted by molar-refractivity contribution is -0.113. The van der Waals surface area contributed by atoms with Crippen molar-refractivity contribution in [2.24, 2.45) is 0 Å². The SMILES string of the molecule is CCCCN1C(=O)/C(=c2/sc3nc(-c4cccc(C)c4)nn3c2=O)c2ccccc21. The van der Waals surface area contributed by atoms with E-state index in [1.54, 1.807) is 4.90 Å². The third-order valence-electron chi connectivity index (χ3n) is 5.32. The van der Waals surface area contributed by atoms with Crippen molar-refractivity contribution in [2.75, 3.05) is 11.4 Å². The second-order valence-electron chi connectivity index (χ2n) is 7.44. The number of para-hydroxylation sites is 1. The van der Waals surface area contributed by atoms with Crippen molar-refractivity contribution in [3.05, 3.63) is 74.5 Å². The van der Waals surface area contributed by atoms with Crippen LogP contribution in [0.3, 0.4) is 0 Å². The van der Waals surface area contributed by atoms with Crippen LogP contribution in [0, 0.1) is 6.92 Å². The van der Waals surface area contributed by atoms with Crippen molar-refractivity contribution >= 4 is 33.5 Å². The predicted octanol–water partition coefficient (Wildman–Crippen LogP) is 3.19. The molecule has 0 fully saturated rings. The van der Waals surface area contributed by atoms with Gasteiger partial charge < -0.3 is 4.90 Å². The molecule has 4 aromatic rings. The number of hydrogen-bond donors (Lipinski definition) is 0. The van der Waals surface area contributed by atoms with Crippen LogP contribution in [0.4, 0.5) is 5.69 Å². The fourth-order valence-electron chi connectivity index (χ4n) is 3.83. The number of aromatic nitrogens is 3. The number of carbonyl (C=O) groups is 1. The van der Waals surface area contributed by atoms with Gasteiger partial charge in [-0.1, -0.05) is 66.6 Å². The molecule has 150 valence electrons. The number of anilines is 1. The molecule has 5 rings (SSSR count). The molecule has 0 spiro atoms. The number of fused-ring (bicyclic) bond motifs is 2. The summed E-state index contributed by atoms with van der Waals surface area (Å²) in [6.45, 7) is 4.74. The van der Waals surface area contributed by atoms with Crippen LogP contribution in [-0.2, 0) is 4.79 Å². The average molecular weight is 417 g/mol. The Morgan fingerprint density at radius 2 is 1.90 bits per heavy atom. The van der Waals surface area contributed by atoms with Gasteiger partial charge in [0, 0.05) is 17.7 Å². The standard InChI is InChI=1S/C23H20N4O2S/c1-3-4-12-26-17-11-6-5-10-16(17)18(21(26)28)19-22(29)27-23(30-19)24-20(25-27)15-9-7-8-14(2)13-15/h5-11,13H,3-4,12H2,1-2H3/b19-18+. The van der Waals surface area contributed by atoms with E-state index in [4.69, 9.17) is 0 Å². The van der Waals surface area contributed by atoms with Gasteiger partial charge in [0.25, 0.3) is 11.5 Å². The number of benzene rings is 2. The fourth-order valence-corrected chi connectivity index (χ4v) is 4.83. The molecule has 0 bridgehead atoms. The molecule has 7 heteroatoms. The summed E-state index contributed by atoms with van der Waals surface area (Å²) in [6.07, 6.45) is 1.90. The fraction of sp³-hybridized carbons (Fsp3) is 0.217.